The molecule has 0 aromatic heterocycles. The first kappa shape index (κ1) is 16.2. The molecule has 0 aromatic carbocycles. The van der Waals surface area contributed by atoms with E-state index in [1.165, 1.54) is 0 Å². The number of nitrogens with two attached hydrogens (primary N) is 1. The van der Waals surface area contributed by atoms with Crippen LogP contribution in [0.1, 0.15) is 46.0 Å². The summed E-state index contributed by atoms with van der Waals surface area (Å²) in [6, 6.07) is -0.481. The summed E-state index contributed by atoms with van der Waals surface area (Å²) in [6.45, 7) is 5.02. The first-order valence-electron chi connectivity index (χ1n) is 7.88. The Kier molecular flexibility index (Phi) is 5.22. The molecule has 6 heteroatoms. The Balaban J connectivity index is 2.00. The number of nitrogens with one attached hydrogen (secondary N) is 1. The van der Waals surface area contributed by atoms with Gasteiger partial charge in [0.15, 0.2) is 0 Å². The van der Waals surface area contributed by atoms with Gasteiger partial charge in [0.25, 0.3) is 0 Å². The fourth-order valence-electron chi connectivity index (χ4n) is 3.16. The zero-order valence-corrected chi connectivity index (χ0v) is 13.1. The second kappa shape index (κ2) is 6.75. The molecular weight excluding hydrogens is 270 g/mol. The second-order valence-electron chi connectivity index (χ2n) is 6.59. The van der Waals surface area contributed by atoms with Crippen molar-refractivity contribution in [2.75, 3.05) is 19.8 Å². The fourth-order valence-corrected chi connectivity index (χ4v) is 3.16. The first-order chi connectivity index (χ1) is 9.91. The van der Waals surface area contributed by atoms with Gasteiger partial charge in [-0.25, -0.2) is 0 Å². The van der Waals surface area contributed by atoms with E-state index < -0.39 is 6.04 Å². The molecule has 1 atom stereocenters. The molecule has 1 heterocycles. The number of hydrogen-bond acceptors (Lipinski definition) is 4. The number of ether oxygens (including phenoxy) is 1. The highest BCUT2D eigenvalue weighted by atomic mass is 16.5. The molecule has 0 radical (unpaired) electrons. The lowest BCUT2D eigenvalue weighted by Crippen LogP contribution is -2.58. The summed E-state index contributed by atoms with van der Waals surface area (Å²) in [6.07, 6.45) is 4.30. The molecule has 120 valence electrons. The lowest BCUT2D eigenvalue weighted by Gasteiger charge is -2.37. The van der Waals surface area contributed by atoms with Crippen molar-refractivity contribution in [3.63, 3.8) is 0 Å². The van der Waals surface area contributed by atoms with Gasteiger partial charge < -0.3 is 20.7 Å². The number of amides is 2. The van der Waals surface area contributed by atoms with Gasteiger partial charge in [0.1, 0.15) is 6.04 Å². The van der Waals surface area contributed by atoms with E-state index in [-0.39, 0.29) is 30.0 Å². The zero-order valence-electron chi connectivity index (χ0n) is 13.1. The Morgan fingerprint density at radius 2 is 2.05 bits per heavy atom. The Morgan fingerprint density at radius 3 is 2.67 bits per heavy atom. The van der Waals surface area contributed by atoms with Gasteiger partial charge in [0.05, 0.1) is 13.2 Å². The summed E-state index contributed by atoms with van der Waals surface area (Å²) in [5, 5.41) is 2.86. The van der Waals surface area contributed by atoms with E-state index >= 15 is 0 Å². The van der Waals surface area contributed by atoms with Crippen LogP contribution in [0.25, 0.3) is 0 Å². The molecule has 0 spiro atoms. The summed E-state index contributed by atoms with van der Waals surface area (Å²) in [4.78, 5) is 26.4. The van der Waals surface area contributed by atoms with Crippen molar-refractivity contribution in [3.05, 3.63) is 0 Å². The van der Waals surface area contributed by atoms with Gasteiger partial charge in [-0.05, 0) is 26.7 Å². The summed E-state index contributed by atoms with van der Waals surface area (Å²) in [5.74, 6) is -0.165. The van der Waals surface area contributed by atoms with Crippen LogP contribution in [0.3, 0.4) is 0 Å². The highest BCUT2D eigenvalue weighted by Crippen LogP contribution is 2.31. The van der Waals surface area contributed by atoms with Gasteiger partial charge in [0.2, 0.25) is 11.8 Å². The average Bonchev–Trinajstić information content (AvgIpc) is 2.84. The number of carbonyl (C=O) groups is 2. The van der Waals surface area contributed by atoms with Crippen molar-refractivity contribution in [3.8, 4) is 0 Å². The minimum Gasteiger partial charge on any atom is -0.377 e. The van der Waals surface area contributed by atoms with Crippen molar-refractivity contribution >= 4 is 11.8 Å². The van der Waals surface area contributed by atoms with Crippen molar-refractivity contribution < 1.29 is 14.3 Å². The van der Waals surface area contributed by atoms with Gasteiger partial charge >= 0.3 is 0 Å². The second-order valence-corrected chi connectivity index (χ2v) is 6.59. The lowest BCUT2D eigenvalue weighted by atomic mass is 9.93. The SMILES string of the molecule is CC(C)NC(=O)C1COCCN1C(=O)CC1(N)CCCC1. The van der Waals surface area contributed by atoms with E-state index in [0.29, 0.717) is 19.6 Å². The van der Waals surface area contributed by atoms with E-state index in [1.807, 2.05) is 13.8 Å². The third-order valence-electron chi connectivity index (χ3n) is 4.29. The van der Waals surface area contributed by atoms with Crippen LogP contribution < -0.4 is 11.1 Å². The van der Waals surface area contributed by atoms with E-state index in [4.69, 9.17) is 10.5 Å². The van der Waals surface area contributed by atoms with Crippen LogP contribution in [0, 0.1) is 0 Å². The van der Waals surface area contributed by atoms with Crippen LogP contribution in [0.4, 0.5) is 0 Å². The highest BCUT2D eigenvalue weighted by Gasteiger charge is 2.38. The third-order valence-corrected chi connectivity index (χ3v) is 4.29. The first-order valence-corrected chi connectivity index (χ1v) is 7.88. The fraction of sp³-hybridized carbons (Fsp3) is 0.867. The molecule has 21 heavy (non-hydrogen) atoms. The minimum atomic E-state index is -0.529. The number of carbonyl (C=O) groups excluding carboxylic acids is 2. The van der Waals surface area contributed by atoms with Crippen LogP contribution in [0.15, 0.2) is 0 Å². The molecule has 1 aliphatic carbocycles. The highest BCUT2D eigenvalue weighted by molar-refractivity contribution is 5.88. The summed E-state index contributed by atoms with van der Waals surface area (Å²) in [5.41, 5.74) is 5.91. The predicted molar refractivity (Wildman–Crippen MR) is 79.6 cm³/mol. The average molecular weight is 297 g/mol. The summed E-state index contributed by atoms with van der Waals surface area (Å²) >= 11 is 0. The molecule has 2 fully saturated rings. The molecule has 2 amide bonds. The maximum atomic E-state index is 12.6. The third kappa shape index (κ3) is 4.17. The van der Waals surface area contributed by atoms with E-state index in [9.17, 15) is 9.59 Å². The van der Waals surface area contributed by atoms with Crippen molar-refractivity contribution in [1.29, 1.82) is 0 Å². The van der Waals surface area contributed by atoms with E-state index in [0.717, 1.165) is 25.7 Å². The van der Waals surface area contributed by atoms with Crippen LogP contribution in [-0.4, -0.2) is 54.1 Å². The van der Waals surface area contributed by atoms with Gasteiger partial charge in [-0.3, -0.25) is 9.59 Å². The zero-order chi connectivity index (χ0) is 15.5. The molecule has 2 aliphatic rings. The number of rotatable bonds is 4. The Labute approximate surface area is 126 Å². The maximum absolute atomic E-state index is 12.6. The molecule has 2 rings (SSSR count). The van der Waals surface area contributed by atoms with Gasteiger partial charge in [0, 0.05) is 24.5 Å². The molecule has 1 saturated heterocycles. The summed E-state index contributed by atoms with van der Waals surface area (Å²) < 4.78 is 5.37. The molecule has 6 nitrogen and oxygen atoms in total. The molecule has 0 aromatic rings. The molecule has 1 aliphatic heterocycles. The lowest BCUT2D eigenvalue weighted by molar-refractivity contribution is -0.149. The number of hydrogen-bond donors (Lipinski definition) is 2. The van der Waals surface area contributed by atoms with E-state index in [2.05, 4.69) is 5.32 Å². The smallest absolute Gasteiger partial charge is 0.245 e. The Hall–Kier alpha value is -1.14. The predicted octanol–water partition coefficient (Wildman–Crippen LogP) is 0.400. The summed E-state index contributed by atoms with van der Waals surface area (Å²) in [7, 11) is 0. The largest absolute Gasteiger partial charge is 0.377 e. The topological polar surface area (TPSA) is 84.7 Å². The van der Waals surface area contributed by atoms with Crippen LogP contribution in [0.2, 0.25) is 0 Å². The maximum Gasteiger partial charge on any atom is 0.245 e. The monoisotopic (exact) mass is 297 g/mol. The van der Waals surface area contributed by atoms with Crippen molar-refractivity contribution in [1.82, 2.24) is 10.2 Å². The van der Waals surface area contributed by atoms with Crippen molar-refractivity contribution in [2.24, 2.45) is 5.73 Å². The quantitative estimate of drug-likeness (QED) is 0.786. The minimum absolute atomic E-state index is 0.0217. The van der Waals surface area contributed by atoms with Gasteiger partial charge in [-0.15, -0.1) is 0 Å². The van der Waals surface area contributed by atoms with Crippen LogP contribution >= 0.6 is 0 Å². The number of nitrogens with zero attached hydrogens (tertiary/aromatic N) is 1. The molecule has 1 unspecified atom stereocenters. The normalized spacial score (nSPS) is 25.1. The molecular formula is C15H27N3O3. The van der Waals surface area contributed by atoms with Crippen LogP contribution in [-0.2, 0) is 14.3 Å². The van der Waals surface area contributed by atoms with Crippen molar-refractivity contribution in [2.45, 2.75) is 63.6 Å². The Morgan fingerprint density at radius 1 is 1.38 bits per heavy atom. The molecule has 1 saturated carbocycles. The molecule has 3 N–H and O–H groups in total. The molecule has 0 bridgehead atoms. The Bertz CT molecular complexity index is 392. The number of morpholine rings is 1. The van der Waals surface area contributed by atoms with Crippen LogP contribution in [0.5, 0.6) is 0 Å². The van der Waals surface area contributed by atoms with Gasteiger partial charge in [-0.1, -0.05) is 12.8 Å². The van der Waals surface area contributed by atoms with Gasteiger partial charge in [-0.2, -0.15) is 0 Å². The van der Waals surface area contributed by atoms with E-state index in [1.54, 1.807) is 4.90 Å². The standard InChI is InChI=1S/C15H27N3O3/c1-11(2)17-14(20)12-10-21-8-7-18(12)13(19)9-15(16)5-3-4-6-15/h11-12H,3-10,16H2,1-2H3,(H,17,20).